The zero-order chi connectivity index (χ0) is 18.7. The summed E-state index contributed by atoms with van der Waals surface area (Å²) in [5, 5.41) is 2.91. The van der Waals surface area contributed by atoms with Crippen molar-refractivity contribution in [3.63, 3.8) is 0 Å². The number of nitrogens with one attached hydrogen (secondary N) is 1. The van der Waals surface area contributed by atoms with Crippen LogP contribution in [-0.2, 0) is 4.74 Å². The second-order valence-corrected chi connectivity index (χ2v) is 4.94. The second-order valence-electron chi connectivity index (χ2n) is 4.94. The normalized spacial score (nSPS) is 11.7. The molecule has 0 atom stereocenters. The Balaban J connectivity index is 0.00000625. The maximum atomic E-state index is 11.9. The van der Waals surface area contributed by atoms with Crippen molar-refractivity contribution in [3.05, 3.63) is 18.2 Å². The summed E-state index contributed by atoms with van der Waals surface area (Å²) in [6.45, 7) is 3.68. The Kier molecular flexibility index (Phi) is 12.1. The van der Waals surface area contributed by atoms with E-state index in [1.165, 1.54) is 0 Å². The molecule has 0 heterocycles. The van der Waals surface area contributed by atoms with Crippen LogP contribution in [0.4, 0.5) is 18.9 Å². The van der Waals surface area contributed by atoms with Crippen LogP contribution in [0.5, 0.6) is 11.5 Å². The van der Waals surface area contributed by atoms with Gasteiger partial charge in [0.1, 0.15) is 18.1 Å². The van der Waals surface area contributed by atoms with Crippen LogP contribution in [0.25, 0.3) is 0 Å². The van der Waals surface area contributed by atoms with Crippen molar-refractivity contribution in [2.45, 2.75) is 26.4 Å². The van der Waals surface area contributed by atoms with Gasteiger partial charge in [-0.1, -0.05) is 0 Å². The number of nitrogens with two attached hydrogens (primary N) is 1. The van der Waals surface area contributed by atoms with Gasteiger partial charge < -0.3 is 25.3 Å². The van der Waals surface area contributed by atoms with E-state index in [-0.39, 0.29) is 43.1 Å². The molecule has 1 aromatic rings. The molecule has 10 heteroatoms. The van der Waals surface area contributed by atoms with E-state index in [2.05, 4.69) is 15.0 Å². The minimum Gasteiger partial charge on any atom is -0.494 e. The van der Waals surface area contributed by atoms with E-state index < -0.39 is 12.8 Å². The summed E-state index contributed by atoms with van der Waals surface area (Å²) in [7, 11) is 0. The van der Waals surface area contributed by atoms with Crippen molar-refractivity contribution in [1.82, 2.24) is 0 Å². The number of anilines is 1. The van der Waals surface area contributed by atoms with Crippen molar-refractivity contribution in [1.29, 1.82) is 0 Å². The average molecular weight is 491 g/mol. The van der Waals surface area contributed by atoms with Gasteiger partial charge in [-0.25, -0.2) is 0 Å². The third-order valence-corrected chi connectivity index (χ3v) is 2.82. The number of hydrogen-bond donors (Lipinski definition) is 2. The lowest BCUT2D eigenvalue weighted by atomic mass is 10.2. The first kappa shape index (κ1) is 24.6. The van der Waals surface area contributed by atoms with Crippen molar-refractivity contribution >= 4 is 35.6 Å². The molecule has 0 spiro atoms. The second kappa shape index (κ2) is 12.8. The fourth-order valence-corrected chi connectivity index (χ4v) is 1.88. The molecule has 0 bridgehead atoms. The van der Waals surface area contributed by atoms with Gasteiger partial charge >= 0.3 is 6.18 Å². The summed E-state index contributed by atoms with van der Waals surface area (Å²) in [6, 6.07) is 5.28. The number of benzene rings is 1. The first-order chi connectivity index (χ1) is 11.9. The molecule has 0 amide bonds. The lowest BCUT2D eigenvalue weighted by Crippen LogP contribution is -2.23. The summed E-state index contributed by atoms with van der Waals surface area (Å²) in [6.07, 6.45) is -3.99. The quantitative estimate of drug-likeness (QED) is 0.226. The van der Waals surface area contributed by atoms with Crippen molar-refractivity contribution in [2.75, 3.05) is 38.3 Å². The van der Waals surface area contributed by atoms with Crippen molar-refractivity contribution in [2.24, 2.45) is 10.7 Å². The monoisotopic (exact) mass is 491 g/mol. The third kappa shape index (κ3) is 10.5. The van der Waals surface area contributed by atoms with E-state index >= 15 is 0 Å². The summed E-state index contributed by atoms with van der Waals surface area (Å²) in [4.78, 5) is 4.06. The predicted octanol–water partition coefficient (Wildman–Crippen LogP) is 3.80. The van der Waals surface area contributed by atoms with Gasteiger partial charge in [0, 0.05) is 19.2 Å². The number of rotatable bonds is 10. The Bertz CT molecular complexity index is 557. The Morgan fingerprint density at radius 3 is 2.50 bits per heavy atom. The van der Waals surface area contributed by atoms with Crippen LogP contribution in [0, 0.1) is 0 Å². The first-order valence-electron chi connectivity index (χ1n) is 7.96. The standard InChI is InChI=1S/C16H24F3N3O3.HI/c1-3-24-12-6-7-14(25-4-2)13(10-12)22-15(20)21-8-5-9-23-11-16(17,18)19;/h6-7,10H,3-5,8-9,11H2,1-2H3,(H3,20,21,22);1H. The molecule has 3 N–H and O–H groups in total. The van der Waals surface area contributed by atoms with E-state index in [4.69, 9.17) is 15.2 Å². The van der Waals surface area contributed by atoms with Crippen LogP contribution in [0.15, 0.2) is 23.2 Å². The van der Waals surface area contributed by atoms with Crippen LogP contribution < -0.4 is 20.5 Å². The Morgan fingerprint density at radius 2 is 1.88 bits per heavy atom. The predicted molar refractivity (Wildman–Crippen MR) is 106 cm³/mol. The van der Waals surface area contributed by atoms with Gasteiger partial charge in [-0.15, -0.1) is 24.0 Å². The summed E-state index contributed by atoms with van der Waals surface area (Å²) >= 11 is 0. The van der Waals surface area contributed by atoms with E-state index in [1.54, 1.807) is 18.2 Å². The fraction of sp³-hybridized carbons (Fsp3) is 0.562. The highest BCUT2D eigenvalue weighted by Crippen LogP contribution is 2.29. The van der Waals surface area contributed by atoms with E-state index in [1.807, 2.05) is 13.8 Å². The van der Waals surface area contributed by atoms with E-state index in [9.17, 15) is 13.2 Å². The van der Waals surface area contributed by atoms with Crippen LogP contribution in [0.2, 0.25) is 0 Å². The number of aliphatic imine (C=N–C) groups is 1. The number of halogens is 4. The number of hydrogen-bond acceptors (Lipinski definition) is 4. The fourth-order valence-electron chi connectivity index (χ4n) is 1.88. The molecule has 0 unspecified atom stereocenters. The number of ether oxygens (including phenoxy) is 3. The van der Waals surface area contributed by atoms with Gasteiger partial charge in [0.25, 0.3) is 0 Å². The third-order valence-electron chi connectivity index (χ3n) is 2.82. The van der Waals surface area contributed by atoms with Crippen LogP contribution in [-0.4, -0.2) is 45.1 Å². The topological polar surface area (TPSA) is 78.1 Å². The molecule has 1 rings (SSSR count). The molecule has 6 nitrogen and oxygen atoms in total. The molecular formula is C16H25F3IN3O3. The molecule has 0 aliphatic heterocycles. The van der Waals surface area contributed by atoms with E-state index in [0.717, 1.165) is 0 Å². The summed E-state index contributed by atoms with van der Waals surface area (Å²) < 4.78 is 51.2. The Labute approximate surface area is 168 Å². The highest BCUT2D eigenvalue weighted by molar-refractivity contribution is 14.0. The molecule has 0 aromatic heterocycles. The van der Waals surface area contributed by atoms with Crippen molar-refractivity contribution < 1.29 is 27.4 Å². The minimum atomic E-state index is -4.31. The SMILES string of the molecule is CCOc1ccc(OCC)c(NC(N)=NCCCOCC(F)(F)F)c1.I. The molecule has 26 heavy (non-hydrogen) atoms. The molecule has 0 aliphatic carbocycles. The molecule has 0 aliphatic rings. The number of nitrogens with zero attached hydrogens (tertiary/aromatic N) is 1. The number of guanidine groups is 1. The maximum absolute atomic E-state index is 11.9. The van der Waals surface area contributed by atoms with Crippen LogP contribution in [0.1, 0.15) is 20.3 Å². The van der Waals surface area contributed by atoms with Gasteiger partial charge in [-0.3, -0.25) is 4.99 Å². The largest absolute Gasteiger partial charge is 0.494 e. The van der Waals surface area contributed by atoms with E-state index in [0.29, 0.717) is 36.8 Å². The molecular weight excluding hydrogens is 466 g/mol. The van der Waals surface area contributed by atoms with Gasteiger partial charge in [-0.2, -0.15) is 13.2 Å². The molecule has 0 saturated carbocycles. The van der Waals surface area contributed by atoms with Gasteiger partial charge in [0.2, 0.25) is 0 Å². The minimum absolute atomic E-state index is 0. The lowest BCUT2D eigenvalue weighted by Gasteiger charge is -2.14. The smallest absolute Gasteiger partial charge is 0.411 e. The van der Waals surface area contributed by atoms with Gasteiger partial charge in [0.15, 0.2) is 5.96 Å². The highest BCUT2D eigenvalue weighted by atomic mass is 127. The lowest BCUT2D eigenvalue weighted by molar-refractivity contribution is -0.173. The maximum Gasteiger partial charge on any atom is 0.411 e. The molecule has 150 valence electrons. The molecule has 1 aromatic carbocycles. The van der Waals surface area contributed by atoms with Gasteiger partial charge in [-0.05, 0) is 32.4 Å². The Hall–Kier alpha value is -1.43. The van der Waals surface area contributed by atoms with Crippen LogP contribution >= 0.6 is 24.0 Å². The van der Waals surface area contributed by atoms with Crippen molar-refractivity contribution in [3.8, 4) is 11.5 Å². The molecule has 0 fully saturated rings. The first-order valence-corrected chi connectivity index (χ1v) is 7.96. The highest BCUT2D eigenvalue weighted by Gasteiger charge is 2.27. The van der Waals surface area contributed by atoms with Gasteiger partial charge in [0.05, 0.1) is 18.9 Å². The number of alkyl halides is 3. The summed E-state index contributed by atoms with van der Waals surface area (Å²) in [5.41, 5.74) is 6.40. The summed E-state index contributed by atoms with van der Waals surface area (Å²) in [5.74, 6) is 1.38. The van der Waals surface area contributed by atoms with Crippen LogP contribution in [0.3, 0.4) is 0 Å². The zero-order valence-electron chi connectivity index (χ0n) is 14.8. The molecule has 0 saturated heterocycles. The molecule has 0 radical (unpaired) electrons. The average Bonchev–Trinajstić information content (AvgIpc) is 2.52. The zero-order valence-corrected chi connectivity index (χ0v) is 17.1. The Morgan fingerprint density at radius 1 is 1.19 bits per heavy atom.